The van der Waals surface area contributed by atoms with Crippen molar-refractivity contribution in [2.24, 2.45) is 0 Å². The van der Waals surface area contributed by atoms with Crippen molar-refractivity contribution in [3.05, 3.63) is 54.0 Å². The van der Waals surface area contributed by atoms with Crippen LogP contribution in [0.2, 0.25) is 0 Å². The van der Waals surface area contributed by atoms with Gasteiger partial charge in [0.15, 0.2) is 5.75 Å². The van der Waals surface area contributed by atoms with Crippen molar-refractivity contribution in [2.45, 2.75) is 6.92 Å². The van der Waals surface area contributed by atoms with E-state index in [0.717, 1.165) is 5.56 Å². The Morgan fingerprint density at radius 3 is 2.73 bits per heavy atom. The molecular formula is C12H10O3. The number of aryl methyl sites for hydroxylation is 1. The molecule has 1 heterocycles. The first-order chi connectivity index (χ1) is 7.27. The van der Waals surface area contributed by atoms with Crippen LogP contribution in [0.25, 0.3) is 0 Å². The second-order valence-corrected chi connectivity index (χ2v) is 3.16. The van der Waals surface area contributed by atoms with Gasteiger partial charge < -0.3 is 9.15 Å². The molecule has 0 aliphatic heterocycles. The van der Waals surface area contributed by atoms with Gasteiger partial charge >= 0.3 is 5.97 Å². The molecule has 0 bridgehead atoms. The van der Waals surface area contributed by atoms with Crippen LogP contribution in [-0.2, 0) is 0 Å². The Kier molecular flexibility index (Phi) is 2.54. The van der Waals surface area contributed by atoms with Crippen LogP contribution in [-0.4, -0.2) is 5.97 Å². The van der Waals surface area contributed by atoms with E-state index < -0.39 is 0 Å². The smallest absolute Gasteiger partial charge is 0.343 e. The molecule has 0 spiro atoms. The summed E-state index contributed by atoms with van der Waals surface area (Å²) in [6.45, 7) is 1.87. The highest BCUT2D eigenvalue weighted by Crippen LogP contribution is 2.14. The second kappa shape index (κ2) is 4.00. The monoisotopic (exact) mass is 202 g/mol. The number of benzene rings is 1. The molecule has 0 amide bonds. The molecule has 3 nitrogen and oxygen atoms in total. The Balaban J connectivity index is 2.19. The zero-order chi connectivity index (χ0) is 10.7. The van der Waals surface area contributed by atoms with E-state index in [1.54, 1.807) is 18.2 Å². The zero-order valence-electron chi connectivity index (χ0n) is 8.27. The van der Waals surface area contributed by atoms with Crippen LogP contribution in [0.4, 0.5) is 0 Å². The van der Waals surface area contributed by atoms with Crippen LogP contribution in [0.1, 0.15) is 15.9 Å². The van der Waals surface area contributed by atoms with E-state index in [9.17, 15) is 4.79 Å². The fraction of sp³-hybridized carbons (Fsp3) is 0.0833. The molecule has 3 heteroatoms. The Morgan fingerprint density at radius 2 is 2.07 bits per heavy atom. The molecule has 2 aromatic rings. The average Bonchev–Trinajstić information content (AvgIpc) is 2.71. The van der Waals surface area contributed by atoms with E-state index in [2.05, 4.69) is 0 Å². The van der Waals surface area contributed by atoms with E-state index in [1.807, 2.05) is 19.1 Å². The summed E-state index contributed by atoms with van der Waals surface area (Å²) in [6, 6.07) is 8.88. The predicted octanol–water partition coefficient (Wildman–Crippen LogP) is 2.81. The SMILES string of the molecule is Cc1ccccc1C(=O)Oc1ccoc1. The minimum Gasteiger partial charge on any atom is -0.469 e. The molecule has 0 atom stereocenters. The molecule has 0 aliphatic carbocycles. The van der Waals surface area contributed by atoms with Gasteiger partial charge in [-0.05, 0) is 18.6 Å². The Hall–Kier alpha value is -2.03. The number of carbonyl (C=O) groups is 1. The third-order valence-corrected chi connectivity index (χ3v) is 2.07. The lowest BCUT2D eigenvalue weighted by Crippen LogP contribution is -2.09. The number of furan rings is 1. The molecule has 0 aliphatic rings. The van der Waals surface area contributed by atoms with Gasteiger partial charge in [-0.25, -0.2) is 4.79 Å². The van der Waals surface area contributed by atoms with Crippen molar-refractivity contribution in [2.75, 3.05) is 0 Å². The van der Waals surface area contributed by atoms with Crippen molar-refractivity contribution >= 4 is 5.97 Å². The van der Waals surface area contributed by atoms with Gasteiger partial charge in [0.25, 0.3) is 0 Å². The first-order valence-corrected chi connectivity index (χ1v) is 4.57. The van der Waals surface area contributed by atoms with Gasteiger partial charge in [0, 0.05) is 6.07 Å². The molecule has 0 radical (unpaired) electrons. The third kappa shape index (κ3) is 2.07. The lowest BCUT2D eigenvalue weighted by Gasteiger charge is -2.03. The number of rotatable bonds is 2. The largest absolute Gasteiger partial charge is 0.469 e. The summed E-state index contributed by atoms with van der Waals surface area (Å²) in [5.41, 5.74) is 1.46. The molecule has 76 valence electrons. The highest BCUT2D eigenvalue weighted by atomic mass is 16.5. The van der Waals surface area contributed by atoms with Gasteiger partial charge in [0.2, 0.25) is 0 Å². The Morgan fingerprint density at radius 1 is 1.27 bits per heavy atom. The maximum absolute atomic E-state index is 11.7. The van der Waals surface area contributed by atoms with Crippen LogP contribution in [0.5, 0.6) is 5.75 Å². The molecule has 0 fully saturated rings. The highest BCUT2D eigenvalue weighted by molar-refractivity contribution is 5.92. The molecule has 1 aromatic carbocycles. The second-order valence-electron chi connectivity index (χ2n) is 3.16. The summed E-state index contributed by atoms with van der Waals surface area (Å²) in [7, 11) is 0. The highest BCUT2D eigenvalue weighted by Gasteiger charge is 2.10. The Bertz CT molecular complexity index is 457. The van der Waals surface area contributed by atoms with E-state index in [1.165, 1.54) is 12.5 Å². The van der Waals surface area contributed by atoms with Gasteiger partial charge in [-0.2, -0.15) is 0 Å². The lowest BCUT2D eigenvalue weighted by molar-refractivity contribution is 0.0733. The minimum absolute atomic E-state index is 0.366. The molecule has 0 unspecified atom stereocenters. The normalized spacial score (nSPS) is 9.93. The van der Waals surface area contributed by atoms with Crippen LogP contribution < -0.4 is 4.74 Å². The summed E-state index contributed by atoms with van der Waals surface area (Å²) < 4.78 is 9.89. The number of ether oxygens (including phenoxy) is 1. The van der Waals surface area contributed by atoms with Gasteiger partial charge in [-0.15, -0.1) is 0 Å². The third-order valence-electron chi connectivity index (χ3n) is 2.07. The summed E-state index contributed by atoms with van der Waals surface area (Å²) in [4.78, 5) is 11.7. The van der Waals surface area contributed by atoms with Crippen molar-refractivity contribution in [3.63, 3.8) is 0 Å². The van der Waals surface area contributed by atoms with E-state index in [4.69, 9.17) is 9.15 Å². The molecule has 0 N–H and O–H groups in total. The van der Waals surface area contributed by atoms with E-state index >= 15 is 0 Å². The van der Waals surface area contributed by atoms with Crippen molar-refractivity contribution < 1.29 is 13.9 Å². The summed E-state index contributed by atoms with van der Waals surface area (Å²) in [5, 5.41) is 0. The molecule has 2 rings (SSSR count). The topological polar surface area (TPSA) is 39.4 Å². The van der Waals surface area contributed by atoms with Crippen molar-refractivity contribution in [1.29, 1.82) is 0 Å². The van der Waals surface area contributed by atoms with E-state index in [-0.39, 0.29) is 5.97 Å². The predicted molar refractivity (Wildman–Crippen MR) is 54.8 cm³/mol. The maximum Gasteiger partial charge on any atom is 0.343 e. The van der Waals surface area contributed by atoms with Gasteiger partial charge in [0.05, 0.1) is 11.8 Å². The lowest BCUT2D eigenvalue weighted by atomic mass is 10.1. The number of esters is 1. The first-order valence-electron chi connectivity index (χ1n) is 4.57. The molecule has 0 saturated heterocycles. The number of hydrogen-bond acceptors (Lipinski definition) is 3. The van der Waals surface area contributed by atoms with Crippen LogP contribution in [0.15, 0.2) is 47.3 Å². The number of carbonyl (C=O) groups excluding carboxylic acids is 1. The fourth-order valence-electron chi connectivity index (χ4n) is 1.27. The first kappa shape index (κ1) is 9.52. The molecule has 15 heavy (non-hydrogen) atoms. The van der Waals surface area contributed by atoms with Crippen LogP contribution in [0.3, 0.4) is 0 Å². The average molecular weight is 202 g/mol. The van der Waals surface area contributed by atoms with Crippen molar-refractivity contribution in [3.8, 4) is 5.75 Å². The molecule has 1 aromatic heterocycles. The number of hydrogen-bond donors (Lipinski definition) is 0. The van der Waals surface area contributed by atoms with Gasteiger partial charge in [0.1, 0.15) is 6.26 Å². The summed E-state index contributed by atoms with van der Waals surface area (Å²) in [6.07, 6.45) is 2.84. The van der Waals surface area contributed by atoms with Gasteiger partial charge in [-0.3, -0.25) is 0 Å². The fourth-order valence-corrected chi connectivity index (χ4v) is 1.27. The van der Waals surface area contributed by atoms with Gasteiger partial charge in [-0.1, -0.05) is 18.2 Å². The van der Waals surface area contributed by atoms with Crippen molar-refractivity contribution in [1.82, 2.24) is 0 Å². The standard InChI is InChI=1S/C12H10O3/c1-9-4-2-3-5-11(9)12(13)15-10-6-7-14-8-10/h2-8H,1H3. The molecule has 0 saturated carbocycles. The minimum atomic E-state index is -0.366. The maximum atomic E-state index is 11.7. The Labute approximate surface area is 87.3 Å². The molecular weight excluding hydrogens is 192 g/mol. The van der Waals surface area contributed by atoms with Crippen LogP contribution in [0, 0.1) is 6.92 Å². The summed E-state index contributed by atoms with van der Waals surface area (Å²) in [5.74, 6) is 0.0535. The van der Waals surface area contributed by atoms with Crippen LogP contribution >= 0.6 is 0 Å². The van der Waals surface area contributed by atoms with E-state index in [0.29, 0.717) is 11.3 Å². The summed E-state index contributed by atoms with van der Waals surface area (Å²) >= 11 is 0. The quantitative estimate of drug-likeness (QED) is 0.703. The zero-order valence-corrected chi connectivity index (χ0v) is 8.27.